The summed E-state index contributed by atoms with van der Waals surface area (Å²) in [5.41, 5.74) is 2.59. The van der Waals surface area contributed by atoms with Gasteiger partial charge in [-0.3, -0.25) is 4.79 Å². The van der Waals surface area contributed by atoms with Crippen molar-refractivity contribution in [3.63, 3.8) is 0 Å². The highest BCUT2D eigenvalue weighted by molar-refractivity contribution is 5.81. The zero-order valence-corrected chi connectivity index (χ0v) is 16.7. The first-order valence-corrected chi connectivity index (χ1v) is 9.94. The largest absolute Gasteiger partial charge is 0.449 e. The summed E-state index contributed by atoms with van der Waals surface area (Å²) in [6, 6.07) is 14.2. The minimum absolute atomic E-state index is 0.222. The summed E-state index contributed by atoms with van der Waals surface area (Å²) in [6.45, 7) is 1.87. The number of likely N-dealkylation sites (N-methyl/N-ethyl adjacent to an activating group) is 1. The highest BCUT2D eigenvalue weighted by Gasteiger charge is 2.38. The molecule has 1 aliphatic rings. The van der Waals surface area contributed by atoms with Crippen molar-refractivity contribution in [3.8, 4) is 0 Å². The van der Waals surface area contributed by atoms with E-state index in [2.05, 4.69) is 9.88 Å². The second-order valence-corrected chi connectivity index (χ2v) is 7.58. The Morgan fingerprint density at radius 3 is 2.47 bits per heavy atom. The summed E-state index contributed by atoms with van der Waals surface area (Å²) in [5.74, 6) is -1.46. The van der Waals surface area contributed by atoms with Crippen LogP contribution in [0.1, 0.15) is 24.2 Å². The van der Waals surface area contributed by atoms with Gasteiger partial charge in [-0.05, 0) is 36.6 Å². The van der Waals surface area contributed by atoms with E-state index in [9.17, 15) is 18.0 Å². The standard InChI is InChI=1S/C22H23F3N4O/c1-27(14-16-8-2-4-10-18(16)28-12-6-7-13-28)20(30)15-29-19-11-5-3-9-17(19)26-21(29)22(23,24)25/h2-5,8-11H,6-7,12-15H2,1H3. The highest BCUT2D eigenvalue weighted by Crippen LogP contribution is 2.31. The number of benzene rings is 2. The first-order chi connectivity index (χ1) is 14.3. The van der Waals surface area contributed by atoms with Gasteiger partial charge in [-0.1, -0.05) is 30.3 Å². The number of amides is 1. The Kier molecular flexibility index (Phi) is 5.40. The number of hydrogen-bond donors (Lipinski definition) is 0. The molecule has 2 aromatic carbocycles. The molecule has 0 aliphatic carbocycles. The molecule has 0 radical (unpaired) electrons. The molecule has 1 aliphatic heterocycles. The van der Waals surface area contributed by atoms with E-state index >= 15 is 0 Å². The Hall–Kier alpha value is -3.03. The minimum atomic E-state index is -4.64. The van der Waals surface area contributed by atoms with Gasteiger partial charge < -0.3 is 14.4 Å². The third-order valence-electron chi connectivity index (χ3n) is 5.47. The number of halogens is 3. The van der Waals surface area contributed by atoms with Gasteiger partial charge in [-0.2, -0.15) is 13.2 Å². The van der Waals surface area contributed by atoms with Crippen LogP contribution in [0.15, 0.2) is 48.5 Å². The maximum absolute atomic E-state index is 13.5. The molecular weight excluding hydrogens is 393 g/mol. The molecular formula is C22H23F3N4O. The maximum atomic E-state index is 13.5. The fourth-order valence-corrected chi connectivity index (χ4v) is 3.96. The number of alkyl halides is 3. The second-order valence-electron chi connectivity index (χ2n) is 7.58. The van der Waals surface area contributed by atoms with E-state index in [0.29, 0.717) is 12.1 Å². The number of aromatic nitrogens is 2. The van der Waals surface area contributed by atoms with Crippen LogP contribution in [-0.4, -0.2) is 40.5 Å². The number of rotatable bonds is 5. The smallest absolute Gasteiger partial charge is 0.371 e. The van der Waals surface area contributed by atoms with Gasteiger partial charge in [0.15, 0.2) is 0 Å². The summed E-state index contributed by atoms with van der Waals surface area (Å²) in [7, 11) is 1.62. The molecule has 2 heterocycles. The molecule has 0 saturated carbocycles. The van der Waals surface area contributed by atoms with E-state index in [-0.39, 0.29) is 5.52 Å². The topological polar surface area (TPSA) is 41.4 Å². The zero-order valence-electron chi connectivity index (χ0n) is 16.7. The monoisotopic (exact) mass is 416 g/mol. The molecule has 0 atom stereocenters. The number of carbonyl (C=O) groups is 1. The van der Waals surface area contributed by atoms with E-state index < -0.39 is 24.5 Å². The second kappa shape index (κ2) is 8.01. The molecule has 1 amide bonds. The predicted octanol–water partition coefficient (Wildman–Crippen LogP) is 4.31. The molecule has 1 aromatic heterocycles. The SMILES string of the molecule is CN(Cc1ccccc1N1CCCC1)C(=O)Cn1c(C(F)(F)F)nc2ccccc21. The number of fused-ring (bicyclic) bond motifs is 1. The van der Waals surface area contributed by atoms with Crippen molar-refractivity contribution in [2.45, 2.75) is 32.1 Å². The molecule has 1 fully saturated rings. The van der Waals surface area contributed by atoms with Crippen LogP contribution in [0, 0.1) is 0 Å². The Bertz CT molecular complexity index is 1050. The summed E-state index contributed by atoms with van der Waals surface area (Å²) in [5, 5.41) is 0. The van der Waals surface area contributed by atoms with Gasteiger partial charge in [0, 0.05) is 32.4 Å². The molecule has 5 nitrogen and oxygen atoms in total. The van der Waals surface area contributed by atoms with Crippen LogP contribution >= 0.6 is 0 Å². The van der Waals surface area contributed by atoms with Crippen LogP contribution in [0.25, 0.3) is 11.0 Å². The lowest BCUT2D eigenvalue weighted by Crippen LogP contribution is -2.32. The average Bonchev–Trinajstić information content (AvgIpc) is 3.37. The summed E-state index contributed by atoms with van der Waals surface area (Å²) in [4.78, 5) is 20.3. The van der Waals surface area contributed by atoms with Gasteiger partial charge >= 0.3 is 6.18 Å². The molecule has 3 aromatic rings. The Balaban J connectivity index is 1.57. The van der Waals surface area contributed by atoms with Crippen molar-refractivity contribution in [2.24, 2.45) is 0 Å². The van der Waals surface area contributed by atoms with Crippen molar-refractivity contribution in [1.29, 1.82) is 0 Å². The van der Waals surface area contributed by atoms with Crippen LogP contribution in [0.2, 0.25) is 0 Å². The molecule has 0 N–H and O–H groups in total. The fourth-order valence-electron chi connectivity index (χ4n) is 3.96. The molecule has 0 spiro atoms. The molecule has 1 saturated heterocycles. The van der Waals surface area contributed by atoms with Gasteiger partial charge in [-0.25, -0.2) is 4.98 Å². The summed E-state index contributed by atoms with van der Waals surface area (Å²) >= 11 is 0. The zero-order chi connectivity index (χ0) is 21.3. The normalized spacial score (nSPS) is 14.5. The van der Waals surface area contributed by atoms with Crippen LogP contribution in [-0.2, 0) is 24.1 Å². The van der Waals surface area contributed by atoms with E-state index in [4.69, 9.17) is 0 Å². The maximum Gasteiger partial charge on any atom is 0.449 e. The van der Waals surface area contributed by atoms with Gasteiger partial charge in [0.2, 0.25) is 11.7 Å². The van der Waals surface area contributed by atoms with E-state index in [1.165, 1.54) is 11.0 Å². The van der Waals surface area contributed by atoms with Crippen molar-refractivity contribution in [3.05, 3.63) is 59.9 Å². The third kappa shape index (κ3) is 3.99. The van der Waals surface area contributed by atoms with Crippen molar-refractivity contribution in [2.75, 3.05) is 25.0 Å². The first kappa shape index (κ1) is 20.3. The first-order valence-electron chi connectivity index (χ1n) is 9.94. The van der Waals surface area contributed by atoms with Gasteiger partial charge in [-0.15, -0.1) is 0 Å². The van der Waals surface area contributed by atoms with Gasteiger partial charge in [0.25, 0.3) is 0 Å². The van der Waals surface area contributed by atoms with E-state index in [0.717, 1.165) is 41.7 Å². The summed E-state index contributed by atoms with van der Waals surface area (Å²) in [6.07, 6.45) is -2.37. The number of nitrogens with zero attached hydrogens (tertiary/aromatic N) is 4. The molecule has 30 heavy (non-hydrogen) atoms. The van der Waals surface area contributed by atoms with Gasteiger partial charge in [0.05, 0.1) is 11.0 Å². The lowest BCUT2D eigenvalue weighted by Gasteiger charge is -2.25. The Morgan fingerprint density at radius 2 is 1.73 bits per heavy atom. The predicted molar refractivity (Wildman–Crippen MR) is 109 cm³/mol. The third-order valence-corrected chi connectivity index (χ3v) is 5.47. The lowest BCUT2D eigenvalue weighted by atomic mass is 10.1. The molecule has 8 heteroatoms. The van der Waals surface area contributed by atoms with Crippen molar-refractivity contribution >= 4 is 22.6 Å². The van der Waals surface area contributed by atoms with Crippen LogP contribution in [0.3, 0.4) is 0 Å². The Labute approximate surface area is 172 Å². The number of imidazole rings is 1. The van der Waals surface area contributed by atoms with E-state index in [1.807, 2.05) is 24.3 Å². The number of anilines is 1. The number of hydrogen-bond acceptors (Lipinski definition) is 3. The number of para-hydroxylation sites is 3. The summed E-state index contributed by atoms with van der Waals surface area (Å²) < 4.78 is 41.4. The van der Waals surface area contributed by atoms with Crippen molar-refractivity contribution in [1.82, 2.24) is 14.5 Å². The van der Waals surface area contributed by atoms with Crippen molar-refractivity contribution < 1.29 is 18.0 Å². The molecule has 158 valence electrons. The van der Waals surface area contributed by atoms with Crippen LogP contribution < -0.4 is 4.90 Å². The molecule has 0 bridgehead atoms. The molecule has 0 unspecified atom stereocenters. The lowest BCUT2D eigenvalue weighted by molar-refractivity contribution is -0.148. The van der Waals surface area contributed by atoms with E-state index in [1.54, 1.807) is 25.2 Å². The Morgan fingerprint density at radius 1 is 1.07 bits per heavy atom. The minimum Gasteiger partial charge on any atom is -0.371 e. The average molecular weight is 416 g/mol. The number of carbonyl (C=O) groups excluding carboxylic acids is 1. The fraction of sp³-hybridized carbons (Fsp3) is 0.364. The van der Waals surface area contributed by atoms with Crippen LogP contribution in [0.5, 0.6) is 0 Å². The van der Waals surface area contributed by atoms with Crippen LogP contribution in [0.4, 0.5) is 18.9 Å². The van der Waals surface area contributed by atoms with Gasteiger partial charge in [0.1, 0.15) is 6.54 Å². The highest BCUT2D eigenvalue weighted by atomic mass is 19.4. The molecule has 4 rings (SSSR count). The quantitative estimate of drug-likeness (QED) is 0.622.